The van der Waals surface area contributed by atoms with E-state index < -0.39 is 5.60 Å². The standard InChI is InChI=1S/C22H30O4/c1-14(23)22(24)10-7-19-18-4-3-15-13-21(25-11-12-26-21)9-6-16(15)17(18)5-8-20(19,22)2/h5,18-19,24H,3-4,6-13H2,1-2H3/t18?,19?,20?,22-/m0/s1. The van der Waals surface area contributed by atoms with Crippen LogP contribution in [-0.2, 0) is 14.3 Å². The molecule has 3 unspecified atom stereocenters. The smallest absolute Gasteiger partial charge is 0.172 e. The molecular weight excluding hydrogens is 328 g/mol. The minimum absolute atomic E-state index is 0.0507. The molecule has 5 aliphatic rings. The molecule has 4 aliphatic carbocycles. The van der Waals surface area contributed by atoms with Gasteiger partial charge in [0, 0.05) is 18.3 Å². The number of allylic oxidation sites excluding steroid dienone is 3. The maximum Gasteiger partial charge on any atom is 0.172 e. The van der Waals surface area contributed by atoms with Crippen LogP contribution >= 0.6 is 0 Å². The maximum absolute atomic E-state index is 12.3. The van der Waals surface area contributed by atoms with Crippen LogP contribution < -0.4 is 0 Å². The number of rotatable bonds is 1. The molecule has 0 aromatic carbocycles. The van der Waals surface area contributed by atoms with E-state index in [1.165, 1.54) is 11.1 Å². The lowest BCUT2D eigenvalue weighted by molar-refractivity contribution is -0.164. The summed E-state index contributed by atoms with van der Waals surface area (Å²) in [6.45, 7) is 5.16. The third-order valence-corrected chi connectivity index (χ3v) is 8.38. The van der Waals surface area contributed by atoms with Crippen molar-refractivity contribution in [3.05, 3.63) is 22.8 Å². The molecule has 142 valence electrons. The molecule has 26 heavy (non-hydrogen) atoms. The van der Waals surface area contributed by atoms with Crippen LogP contribution in [0.15, 0.2) is 22.8 Å². The van der Waals surface area contributed by atoms with E-state index in [1.54, 1.807) is 12.5 Å². The molecule has 4 heteroatoms. The lowest BCUT2D eigenvalue weighted by Gasteiger charge is -2.50. The summed E-state index contributed by atoms with van der Waals surface area (Å²) in [6.07, 6.45) is 9.92. The molecule has 0 radical (unpaired) electrons. The molecule has 5 rings (SSSR count). The van der Waals surface area contributed by atoms with E-state index in [2.05, 4.69) is 13.0 Å². The summed E-state index contributed by atoms with van der Waals surface area (Å²) < 4.78 is 11.9. The topological polar surface area (TPSA) is 55.8 Å². The number of Topliss-reactive ketones (excluding diaryl/α,β-unsaturated/α-hetero) is 1. The van der Waals surface area contributed by atoms with Gasteiger partial charge in [-0.2, -0.15) is 0 Å². The Morgan fingerprint density at radius 3 is 2.69 bits per heavy atom. The predicted octanol–water partition coefficient (Wildman–Crippen LogP) is 3.69. The summed E-state index contributed by atoms with van der Waals surface area (Å²) >= 11 is 0. The lowest BCUT2D eigenvalue weighted by atomic mass is 9.55. The Hall–Kier alpha value is -0.970. The van der Waals surface area contributed by atoms with Gasteiger partial charge in [0.25, 0.3) is 0 Å². The highest BCUT2D eigenvalue weighted by Gasteiger charge is 2.62. The Labute approximate surface area is 155 Å². The van der Waals surface area contributed by atoms with E-state index in [-0.39, 0.29) is 17.0 Å². The van der Waals surface area contributed by atoms with Gasteiger partial charge in [0.15, 0.2) is 11.6 Å². The van der Waals surface area contributed by atoms with Crippen LogP contribution in [-0.4, -0.2) is 35.5 Å². The van der Waals surface area contributed by atoms with E-state index in [0.717, 1.165) is 58.2 Å². The molecular formula is C22H30O4. The lowest BCUT2D eigenvalue weighted by Crippen LogP contribution is -2.53. The highest BCUT2D eigenvalue weighted by atomic mass is 16.7. The van der Waals surface area contributed by atoms with E-state index in [9.17, 15) is 9.90 Å². The molecule has 1 heterocycles. The fraction of sp³-hybridized carbons (Fsp3) is 0.773. The maximum atomic E-state index is 12.3. The molecule has 0 bridgehead atoms. The van der Waals surface area contributed by atoms with Gasteiger partial charge in [-0.15, -0.1) is 0 Å². The van der Waals surface area contributed by atoms with Gasteiger partial charge < -0.3 is 14.6 Å². The molecule has 4 nitrogen and oxygen atoms in total. The molecule has 4 atom stereocenters. The van der Waals surface area contributed by atoms with Crippen molar-refractivity contribution >= 4 is 5.78 Å². The second-order valence-corrected chi connectivity index (χ2v) is 9.35. The minimum Gasteiger partial charge on any atom is -0.381 e. The quantitative estimate of drug-likeness (QED) is 0.777. The summed E-state index contributed by atoms with van der Waals surface area (Å²) in [7, 11) is 0. The van der Waals surface area contributed by atoms with E-state index >= 15 is 0 Å². The van der Waals surface area contributed by atoms with E-state index in [1.807, 2.05) is 0 Å². The Morgan fingerprint density at radius 2 is 1.96 bits per heavy atom. The van der Waals surface area contributed by atoms with Crippen molar-refractivity contribution in [2.24, 2.45) is 17.3 Å². The Morgan fingerprint density at radius 1 is 1.19 bits per heavy atom. The first-order valence-corrected chi connectivity index (χ1v) is 10.3. The first-order valence-electron chi connectivity index (χ1n) is 10.3. The largest absolute Gasteiger partial charge is 0.381 e. The first kappa shape index (κ1) is 17.2. The van der Waals surface area contributed by atoms with Gasteiger partial charge in [-0.1, -0.05) is 18.6 Å². The summed E-state index contributed by atoms with van der Waals surface area (Å²) in [5.74, 6) is 0.517. The average molecular weight is 358 g/mol. The van der Waals surface area contributed by atoms with Gasteiger partial charge >= 0.3 is 0 Å². The number of ketones is 1. The summed E-state index contributed by atoms with van der Waals surface area (Å²) in [5, 5.41) is 11.2. The van der Waals surface area contributed by atoms with Gasteiger partial charge in [-0.3, -0.25) is 4.79 Å². The number of hydrogen-bond acceptors (Lipinski definition) is 4. The fourth-order valence-electron chi connectivity index (χ4n) is 6.89. The Kier molecular flexibility index (Phi) is 3.64. The van der Waals surface area contributed by atoms with Crippen molar-refractivity contribution < 1.29 is 19.4 Å². The van der Waals surface area contributed by atoms with Crippen molar-refractivity contribution in [3.63, 3.8) is 0 Å². The van der Waals surface area contributed by atoms with Crippen LogP contribution in [0.5, 0.6) is 0 Å². The number of carbonyl (C=O) groups excluding carboxylic acids is 1. The second kappa shape index (κ2) is 5.52. The van der Waals surface area contributed by atoms with E-state index in [0.29, 0.717) is 18.3 Å². The fourth-order valence-corrected chi connectivity index (χ4v) is 6.89. The van der Waals surface area contributed by atoms with Crippen LogP contribution in [0.1, 0.15) is 65.2 Å². The van der Waals surface area contributed by atoms with Crippen molar-refractivity contribution in [2.75, 3.05) is 13.2 Å². The van der Waals surface area contributed by atoms with Crippen molar-refractivity contribution in [1.29, 1.82) is 0 Å². The zero-order valence-corrected chi connectivity index (χ0v) is 16.0. The first-order chi connectivity index (χ1) is 12.4. The van der Waals surface area contributed by atoms with Crippen LogP contribution in [0.25, 0.3) is 0 Å². The van der Waals surface area contributed by atoms with Gasteiger partial charge in [0.05, 0.1) is 13.2 Å². The zero-order chi connectivity index (χ0) is 18.2. The molecule has 1 spiro atoms. The van der Waals surface area contributed by atoms with Gasteiger partial charge in [-0.25, -0.2) is 0 Å². The molecule has 1 saturated carbocycles. The van der Waals surface area contributed by atoms with Gasteiger partial charge in [0.2, 0.25) is 0 Å². The van der Waals surface area contributed by atoms with Gasteiger partial charge in [-0.05, 0) is 68.4 Å². The third kappa shape index (κ3) is 2.10. The third-order valence-electron chi connectivity index (χ3n) is 8.38. The molecule has 1 aliphatic heterocycles. The highest BCUT2D eigenvalue weighted by molar-refractivity contribution is 5.86. The second-order valence-electron chi connectivity index (χ2n) is 9.35. The minimum atomic E-state index is -1.14. The van der Waals surface area contributed by atoms with Crippen molar-refractivity contribution in [3.8, 4) is 0 Å². The number of carbonyl (C=O) groups is 1. The average Bonchev–Trinajstić information content (AvgIpc) is 3.18. The molecule has 0 aromatic heterocycles. The van der Waals surface area contributed by atoms with Crippen LogP contribution in [0, 0.1) is 17.3 Å². The summed E-state index contributed by atoms with van der Waals surface area (Å²) in [6, 6.07) is 0. The van der Waals surface area contributed by atoms with Gasteiger partial charge in [0.1, 0.15) is 5.60 Å². The van der Waals surface area contributed by atoms with Crippen molar-refractivity contribution in [2.45, 2.75) is 76.6 Å². The normalized spacial score (nSPS) is 43.7. The number of ether oxygens (including phenoxy) is 2. The number of fused-ring (bicyclic) bond motifs is 4. The van der Waals surface area contributed by atoms with E-state index in [4.69, 9.17) is 9.47 Å². The molecule has 1 N–H and O–H groups in total. The molecule has 0 aromatic rings. The predicted molar refractivity (Wildman–Crippen MR) is 97.4 cm³/mol. The van der Waals surface area contributed by atoms with Crippen LogP contribution in [0.3, 0.4) is 0 Å². The molecule has 1 saturated heterocycles. The summed E-state index contributed by atoms with van der Waals surface area (Å²) in [5.41, 5.74) is 3.15. The van der Waals surface area contributed by atoms with Crippen LogP contribution in [0.4, 0.5) is 0 Å². The number of aliphatic hydroxyl groups is 1. The van der Waals surface area contributed by atoms with Crippen LogP contribution in [0.2, 0.25) is 0 Å². The SMILES string of the molecule is CC(=O)[C@@]1(O)CCC2C3CCC4=C(CCC5(C4)OCCO5)C3=CCC21C. The number of hydrogen-bond donors (Lipinski definition) is 1. The monoisotopic (exact) mass is 358 g/mol. The Bertz CT molecular complexity index is 714. The zero-order valence-electron chi connectivity index (χ0n) is 16.0. The highest BCUT2D eigenvalue weighted by Crippen LogP contribution is 2.63. The van der Waals surface area contributed by atoms with Crippen molar-refractivity contribution in [1.82, 2.24) is 0 Å². The Balaban J connectivity index is 1.49. The summed E-state index contributed by atoms with van der Waals surface area (Å²) in [4.78, 5) is 12.3. The molecule has 0 amide bonds. The molecule has 2 fully saturated rings.